The van der Waals surface area contributed by atoms with Crippen molar-refractivity contribution in [3.63, 3.8) is 0 Å². The van der Waals surface area contributed by atoms with Gasteiger partial charge >= 0.3 is 0 Å². The lowest BCUT2D eigenvalue weighted by atomic mass is 9.77. The molecular formula is C12H26N2S. The van der Waals surface area contributed by atoms with E-state index < -0.39 is 0 Å². The molecule has 0 aromatic carbocycles. The van der Waals surface area contributed by atoms with Crippen molar-refractivity contribution >= 4 is 11.8 Å². The van der Waals surface area contributed by atoms with Crippen molar-refractivity contribution in [1.82, 2.24) is 4.90 Å². The van der Waals surface area contributed by atoms with Crippen LogP contribution in [0.15, 0.2) is 0 Å². The molecule has 0 bridgehead atoms. The van der Waals surface area contributed by atoms with Gasteiger partial charge in [0.1, 0.15) is 0 Å². The van der Waals surface area contributed by atoms with Gasteiger partial charge in [0.2, 0.25) is 0 Å². The molecule has 2 N–H and O–H groups in total. The summed E-state index contributed by atoms with van der Waals surface area (Å²) in [4.78, 5) is 2.40. The lowest BCUT2D eigenvalue weighted by molar-refractivity contribution is 0.174. The van der Waals surface area contributed by atoms with E-state index in [0.29, 0.717) is 0 Å². The molecular weight excluding hydrogens is 204 g/mol. The first kappa shape index (κ1) is 13.3. The maximum Gasteiger partial charge on any atom is 0.0285 e. The van der Waals surface area contributed by atoms with E-state index in [4.69, 9.17) is 5.73 Å². The molecule has 90 valence electrons. The summed E-state index contributed by atoms with van der Waals surface area (Å²) in [5, 5.41) is 0. The zero-order valence-corrected chi connectivity index (χ0v) is 11.3. The zero-order valence-electron chi connectivity index (χ0n) is 10.5. The van der Waals surface area contributed by atoms with Gasteiger partial charge in [-0.2, -0.15) is 11.8 Å². The third kappa shape index (κ3) is 4.75. The van der Waals surface area contributed by atoms with Crippen molar-refractivity contribution < 1.29 is 0 Å². The summed E-state index contributed by atoms with van der Waals surface area (Å²) >= 11 is 1.91. The molecule has 0 saturated heterocycles. The van der Waals surface area contributed by atoms with E-state index in [9.17, 15) is 0 Å². The first-order valence-corrected chi connectivity index (χ1v) is 7.41. The van der Waals surface area contributed by atoms with Crippen molar-refractivity contribution in [3.8, 4) is 0 Å². The largest absolute Gasteiger partial charge is 0.324 e. The fraction of sp³-hybridized carbons (Fsp3) is 1.00. The SMILES string of the molecule is CSCCN(C)CC1(N)CCCC(C)C1. The van der Waals surface area contributed by atoms with Gasteiger partial charge in [-0.15, -0.1) is 0 Å². The monoisotopic (exact) mass is 230 g/mol. The Labute approximate surface area is 99.0 Å². The van der Waals surface area contributed by atoms with E-state index in [1.807, 2.05) is 11.8 Å². The Kier molecular flexibility index (Phi) is 5.44. The van der Waals surface area contributed by atoms with Crippen LogP contribution in [0.1, 0.15) is 32.6 Å². The maximum atomic E-state index is 6.47. The molecule has 0 amide bonds. The highest BCUT2D eigenvalue weighted by atomic mass is 32.2. The summed E-state index contributed by atoms with van der Waals surface area (Å²) in [5.74, 6) is 2.03. The molecule has 0 radical (unpaired) electrons. The van der Waals surface area contributed by atoms with Gasteiger partial charge in [0.05, 0.1) is 0 Å². The minimum Gasteiger partial charge on any atom is -0.324 e. The third-order valence-corrected chi connectivity index (χ3v) is 3.98. The van der Waals surface area contributed by atoms with Crippen LogP contribution in [0.5, 0.6) is 0 Å². The standard InChI is InChI=1S/C12H26N2S/c1-11-5-4-6-12(13,9-11)10-14(2)7-8-15-3/h11H,4-10,13H2,1-3H3. The molecule has 15 heavy (non-hydrogen) atoms. The number of nitrogens with zero attached hydrogens (tertiary/aromatic N) is 1. The molecule has 0 spiro atoms. The van der Waals surface area contributed by atoms with E-state index in [2.05, 4.69) is 25.1 Å². The van der Waals surface area contributed by atoms with E-state index in [1.165, 1.54) is 31.4 Å². The van der Waals surface area contributed by atoms with Gasteiger partial charge in [0, 0.05) is 24.4 Å². The van der Waals surface area contributed by atoms with Gasteiger partial charge in [0.25, 0.3) is 0 Å². The summed E-state index contributed by atoms with van der Waals surface area (Å²) in [6.45, 7) is 4.56. The Hall–Kier alpha value is 0.270. The Morgan fingerprint density at radius 2 is 2.27 bits per heavy atom. The molecule has 1 fully saturated rings. The quantitative estimate of drug-likeness (QED) is 0.785. The highest BCUT2D eigenvalue weighted by molar-refractivity contribution is 7.98. The molecule has 1 rings (SSSR count). The molecule has 2 nitrogen and oxygen atoms in total. The minimum absolute atomic E-state index is 0.0881. The average Bonchev–Trinajstić information content (AvgIpc) is 2.13. The van der Waals surface area contributed by atoms with E-state index in [-0.39, 0.29) is 5.54 Å². The molecule has 2 unspecified atom stereocenters. The fourth-order valence-electron chi connectivity index (χ4n) is 2.71. The van der Waals surface area contributed by atoms with Crippen molar-refractivity contribution in [3.05, 3.63) is 0 Å². The maximum absolute atomic E-state index is 6.47. The summed E-state index contributed by atoms with van der Waals surface area (Å²) in [6.07, 6.45) is 7.26. The van der Waals surface area contributed by atoms with Crippen molar-refractivity contribution in [2.45, 2.75) is 38.1 Å². The molecule has 1 aliphatic carbocycles. The lowest BCUT2D eigenvalue weighted by Gasteiger charge is -2.39. The van der Waals surface area contributed by atoms with Gasteiger partial charge < -0.3 is 10.6 Å². The Bertz CT molecular complexity index is 186. The van der Waals surface area contributed by atoms with Crippen molar-refractivity contribution in [1.29, 1.82) is 0 Å². The van der Waals surface area contributed by atoms with Crippen molar-refractivity contribution in [2.24, 2.45) is 11.7 Å². The number of likely N-dealkylation sites (N-methyl/N-ethyl adjacent to an activating group) is 1. The molecule has 3 heteroatoms. The summed E-state index contributed by atoms with van der Waals surface area (Å²) < 4.78 is 0. The molecule has 0 aromatic heterocycles. The van der Waals surface area contributed by atoms with Crippen LogP contribution in [0.4, 0.5) is 0 Å². The van der Waals surface area contributed by atoms with Crippen LogP contribution in [-0.4, -0.2) is 42.6 Å². The highest BCUT2D eigenvalue weighted by Crippen LogP contribution is 2.30. The number of rotatable bonds is 5. The first-order valence-electron chi connectivity index (χ1n) is 6.02. The van der Waals surface area contributed by atoms with Gasteiger partial charge in [0.15, 0.2) is 0 Å². The molecule has 0 aliphatic heterocycles. The van der Waals surface area contributed by atoms with Crippen LogP contribution < -0.4 is 5.73 Å². The Balaban J connectivity index is 2.34. The van der Waals surface area contributed by atoms with Crippen LogP contribution in [0.2, 0.25) is 0 Å². The van der Waals surface area contributed by atoms with Gasteiger partial charge in [-0.3, -0.25) is 0 Å². The van der Waals surface area contributed by atoms with Crippen LogP contribution in [0.3, 0.4) is 0 Å². The van der Waals surface area contributed by atoms with Crippen LogP contribution in [0, 0.1) is 5.92 Å². The van der Waals surface area contributed by atoms with Gasteiger partial charge in [-0.1, -0.05) is 19.8 Å². The number of nitrogens with two attached hydrogens (primary N) is 1. The molecule has 0 aromatic rings. The predicted molar refractivity (Wildman–Crippen MR) is 70.4 cm³/mol. The average molecular weight is 230 g/mol. The third-order valence-electron chi connectivity index (χ3n) is 3.39. The van der Waals surface area contributed by atoms with E-state index in [1.54, 1.807) is 0 Å². The van der Waals surface area contributed by atoms with Crippen molar-refractivity contribution in [2.75, 3.05) is 32.1 Å². The topological polar surface area (TPSA) is 29.3 Å². The van der Waals surface area contributed by atoms with Gasteiger partial charge in [-0.05, 0) is 32.1 Å². The second kappa shape index (κ2) is 6.12. The predicted octanol–water partition coefficient (Wildman–Crippen LogP) is 2.19. The molecule has 0 heterocycles. The van der Waals surface area contributed by atoms with E-state index in [0.717, 1.165) is 19.0 Å². The zero-order chi connectivity index (χ0) is 11.3. The second-order valence-electron chi connectivity index (χ2n) is 5.29. The first-order chi connectivity index (χ1) is 7.06. The second-order valence-corrected chi connectivity index (χ2v) is 6.28. The normalized spacial score (nSPS) is 32.2. The van der Waals surface area contributed by atoms with Crippen LogP contribution >= 0.6 is 11.8 Å². The summed E-state index contributed by atoms with van der Waals surface area (Å²) in [7, 11) is 2.20. The number of hydrogen-bond acceptors (Lipinski definition) is 3. The number of hydrogen-bond donors (Lipinski definition) is 1. The summed E-state index contributed by atoms with van der Waals surface area (Å²) in [6, 6.07) is 0. The van der Waals surface area contributed by atoms with Crippen LogP contribution in [0.25, 0.3) is 0 Å². The smallest absolute Gasteiger partial charge is 0.0285 e. The Morgan fingerprint density at radius 1 is 1.53 bits per heavy atom. The van der Waals surface area contributed by atoms with Crippen LogP contribution in [-0.2, 0) is 0 Å². The molecule has 2 atom stereocenters. The number of thioether (sulfide) groups is 1. The molecule has 1 aliphatic rings. The Morgan fingerprint density at radius 3 is 2.87 bits per heavy atom. The van der Waals surface area contributed by atoms with E-state index >= 15 is 0 Å². The van der Waals surface area contributed by atoms with Gasteiger partial charge in [-0.25, -0.2) is 0 Å². The lowest BCUT2D eigenvalue weighted by Crippen LogP contribution is -2.52. The summed E-state index contributed by atoms with van der Waals surface area (Å²) in [5.41, 5.74) is 6.56. The molecule has 1 saturated carbocycles. The highest BCUT2D eigenvalue weighted by Gasteiger charge is 2.31. The fourth-order valence-corrected chi connectivity index (χ4v) is 3.20. The minimum atomic E-state index is 0.0881.